The van der Waals surface area contributed by atoms with Crippen LogP contribution in [0.2, 0.25) is 0 Å². The van der Waals surface area contributed by atoms with Crippen LogP contribution in [0.25, 0.3) is 0 Å². The fraction of sp³-hybridized carbons (Fsp3) is 0.417. The van der Waals surface area contributed by atoms with Crippen molar-refractivity contribution in [3.05, 3.63) is 33.7 Å². The summed E-state index contributed by atoms with van der Waals surface area (Å²) >= 11 is 1.65. The summed E-state index contributed by atoms with van der Waals surface area (Å²) in [5, 5.41) is 8.98. The number of aliphatic hydroxyl groups excluding tert-OH is 1. The standard InChI is InChI=1S/C12H17N4OS.3ClH.H3O4P/c1-8-11(3-4-17)18-7-16(8)6-10-5-14-9(2)15-12(10)13;;;;1-5(2,3)4/h5,7,17H,3-4,6H2,1-2H3,(H2,13,14,15);3*1H;(H3,1,2,3,4)/q+1;;;;/p-1. The average Bonchev–Trinajstić information content (AvgIpc) is 2.73. The van der Waals surface area contributed by atoms with Crippen LogP contribution in [0, 0.1) is 13.8 Å². The number of nitrogens with two attached hydrogens (primary N) is 1. The quantitative estimate of drug-likeness (QED) is 0.243. The summed E-state index contributed by atoms with van der Waals surface area (Å²) in [7, 11) is -4.64. The van der Waals surface area contributed by atoms with Crippen LogP contribution >= 0.6 is 44.0 Å². The highest BCUT2D eigenvalue weighted by Gasteiger charge is 2.16. The summed E-state index contributed by atoms with van der Waals surface area (Å²) in [4.78, 5) is 31.1. The number of hydrogen-bond acceptors (Lipinski definition) is 6. The summed E-state index contributed by atoms with van der Waals surface area (Å²) in [6, 6.07) is 0. The molecule has 2 rings (SSSR count). The number of nitrogen functional groups attached to an aromatic ring is 1. The summed E-state index contributed by atoms with van der Waals surface area (Å²) in [5.74, 6) is 1.22. The Morgan fingerprint density at radius 2 is 1.81 bits per heavy atom. The largest absolute Gasteiger partial charge is 1.00 e. The summed E-state index contributed by atoms with van der Waals surface area (Å²) in [5.41, 5.74) is 10.0. The lowest BCUT2D eigenvalue weighted by Gasteiger charge is -2.01. The molecule has 2 aromatic heterocycles. The summed E-state index contributed by atoms with van der Waals surface area (Å²) < 4.78 is 11.0. The Morgan fingerprint density at radius 1 is 1.27 bits per heavy atom. The molecular weight excluding hydrogens is 450 g/mol. The Hall–Kier alpha value is -0.550. The second kappa shape index (κ2) is 13.6. The minimum absolute atomic E-state index is 0. The van der Waals surface area contributed by atoms with E-state index in [2.05, 4.69) is 14.5 Å². The third-order valence-electron chi connectivity index (χ3n) is 2.85. The maximum atomic E-state index is 8.98. The SMILES string of the molecule is Cc1ncc(C[n+]2csc(CCO)c2C)c(N)n1.Cl.Cl.O=P(O)(O)O.[Cl-]. The highest BCUT2D eigenvalue weighted by Crippen LogP contribution is 2.25. The molecule has 6 N–H and O–H groups in total. The van der Waals surface area contributed by atoms with E-state index in [1.165, 1.54) is 4.88 Å². The van der Waals surface area contributed by atoms with E-state index in [1.807, 2.05) is 19.4 Å². The Balaban J connectivity index is -0.000000590. The van der Waals surface area contributed by atoms with Crippen LogP contribution in [-0.4, -0.2) is 36.4 Å². The van der Waals surface area contributed by atoms with Crippen molar-refractivity contribution in [1.82, 2.24) is 9.97 Å². The molecule has 0 amide bonds. The Labute approximate surface area is 173 Å². The van der Waals surface area contributed by atoms with Crippen LogP contribution in [0.4, 0.5) is 5.82 Å². The number of anilines is 1. The monoisotopic (exact) mass is 470 g/mol. The first kappa shape index (κ1) is 30.2. The molecule has 26 heavy (non-hydrogen) atoms. The second-order valence-electron chi connectivity index (χ2n) is 4.67. The highest BCUT2D eigenvalue weighted by molar-refractivity contribution is 7.45. The van der Waals surface area contributed by atoms with Crippen LogP contribution in [0.5, 0.6) is 0 Å². The van der Waals surface area contributed by atoms with Crippen LogP contribution in [0.15, 0.2) is 11.7 Å². The fourth-order valence-electron chi connectivity index (χ4n) is 1.77. The maximum Gasteiger partial charge on any atom is 0.466 e. The van der Waals surface area contributed by atoms with Crippen molar-refractivity contribution in [2.75, 3.05) is 12.3 Å². The molecule has 14 heteroatoms. The molecule has 0 saturated carbocycles. The molecule has 9 nitrogen and oxygen atoms in total. The predicted octanol–water partition coefficient (Wildman–Crippen LogP) is -2.47. The molecule has 152 valence electrons. The lowest BCUT2D eigenvalue weighted by molar-refractivity contribution is -0.689. The molecule has 0 aliphatic heterocycles. The molecular formula is C12H22Cl3N4O5PS. The van der Waals surface area contributed by atoms with E-state index >= 15 is 0 Å². The zero-order valence-electron chi connectivity index (χ0n) is 13.9. The van der Waals surface area contributed by atoms with E-state index in [0.29, 0.717) is 24.6 Å². The summed E-state index contributed by atoms with van der Waals surface area (Å²) in [6.07, 6.45) is 2.47. The molecule has 2 heterocycles. The minimum atomic E-state index is -4.64. The maximum absolute atomic E-state index is 8.98. The second-order valence-corrected chi connectivity index (χ2v) is 6.64. The van der Waals surface area contributed by atoms with Gasteiger partial charge in [0.2, 0.25) is 5.51 Å². The fourth-order valence-corrected chi connectivity index (χ4v) is 2.75. The van der Waals surface area contributed by atoms with E-state index in [4.69, 9.17) is 30.1 Å². The molecule has 0 atom stereocenters. The van der Waals surface area contributed by atoms with Gasteiger partial charge in [0.25, 0.3) is 0 Å². The number of phosphoric acid groups is 1. The minimum Gasteiger partial charge on any atom is -1.00 e. The number of aliphatic hydroxyl groups is 1. The highest BCUT2D eigenvalue weighted by atomic mass is 35.5. The van der Waals surface area contributed by atoms with Crippen LogP contribution < -0.4 is 22.7 Å². The van der Waals surface area contributed by atoms with E-state index < -0.39 is 7.82 Å². The molecule has 0 unspecified atom stereocenters. The number of halogens is 3. The molecule has 0 fully saturated rings. The van der Waals surface area contributed by atoms with Gasteiger partial charge in [-0.3, -0.25) is 0 Å². The predicted molar refractivity (Wildman–Crippen MR) is 99.1 cm³/mol. The molecule has 0 radical (unpaired) electrons. The third kappa shape index (κ3) is 11.2. The van der Waals surface area contributed by atoms with Gasteiger partial charge < -0.3 is 37.9 Å². The van der Waals surface area contributed by atoms with Crippen LogP contribution in [0.1, 0.15) is 22.0 Å². The van der Waals surface area contributed by atoms with Crippen molar-refractivity contribution in [3.63, 3.8) is 0 Å². The van der Waals surface area contributed by atoms with Crippen molar-refractivity contribution in [2.24, 2.45) is 0 Å². The van der Waals surface area contributed by atoms with Gasteiger partial charge >= 0.3 is 7.82 Å². The van der Waals surface area contributed by atoms with Crippen molar-refractivity contribution >= 4 is 49.8 Å². The number of nitrogens with zero attached hydrogens (tertiary/aromatic N) is 3. The van der Waals surface area contributed by atoms with Gasteiger partial charge in [-0.2, -0.15) is 4.57 Å². The van der Waals surface area contributed by atoms with Crippen molar-refractivity contribution in [1.29, 1.82) is 0 Å². The molecule has 0 aliphatic carbocycles. The average molecular weight is 472 g/mol. The van der Waals surface area contributed by atoms with Gasteiger partial charge in [0.15, 0.2) is 12.2 Å². The van der Waals surface area contributed by atoms with Crippen LogP contribution in [0.3, 0.4) is 0 Å². The van der Waals surface area contributed by atoms with Gasteiger partial charge in [-0.05, 0) is 6.92 Å². The van der Waals surface area contributed by atoms with Gasteiger partial charge in [0.05, 0.1) is 10.4 Å². The number of hydrogen-bond donors (Lipinski definition) is 5. The molecule has 0 aliphatic rings. The lowest BCUT2D eigenvalue weighted by Crippen LogP contribution is -3.00. The van der Waals surface area contributed by atoms with Crippen molar-refractivity contribution < 1.29 is 41.3 Å². The normalized spacial score (nSPS) is 9.77. The molecule has 2 aromatic rings. The van der Waals surface area contributed by atoms with Gasteiger partial charge in [0, 0.05) is 26.1 Å². The summed E-state index contributed by atoms with van der Waals surface area (Å²) in [6.45, 7) is 4.71. The molecule has 0 aromatic carbocycles. The molecule has 0 spiro atoms. The first-order valence-corrected chi connectivity index (χ1v) is 8.99. The van der Waals surface area contributed by atoms with Gasteiger partial charge in [-0.25, -0.2) is 14.5 Å². The van der Waals surface area contributed by atoms with E-state index in [0.717, 1.165) is 11.3 Å². The molecule has 0 bridgehead atoms. The number of rotatable bonds is 4. The van der Waals surface area contributed by atoms with Gasteiger partial charge in [0.1, 0.15) is 11.6 Å². The zero-order valence-corrected chi connectivity index (χ0v) is 18.0. The Kier molecular flexibility index (Phi) is 15.8. The zero-order chi connectivity index (χ0) is 17.6. The Bertz CT molecular complexity index is 708. The van der Waals surface area contributed by atoms with E-state index in [1.54, 1.807) is 17.5 Å². The Morgan fingerprint density at radius 3 is 2.27 bits per heavy atom. The smallest absolute Gasteiger partial charge is 0.466 e. The van der Waals surface area contributed by atoms with Gasteiger partial charge in [-0.15, -0.1) is 24.8 Å². The molecule has 0 saturated heterocycles. The van der Waals surface area contributed by atoms with E-state index in [9.17, 15) is 0 Å². The first-order chi connectivity index (χ1) is 10.6. The third-order valence-corrected chi connectivity index (χ3v) is 4.00. The van der Waals surface area contributed by atoms with Crippen molar-refractivity contribution in [3.8, 4) is 0 Å². The lowest BCUT2D eigenvalue weighted by atomic mass is 10.2. The number of aromatic nitrogens is 3. The topological polar surface area (TPSA) is 154 Å². The van der Waals surface area contributed by atoms with Crippen molar-refractivity contribution in [2.45, 2.75) is 26.8 Å². The first-order valence-electron chi connectivity index (χ1n) is 6.55. The van der Waals surface area contributed by atoms with E-state index in [-0.39, 0.29) is 43.8 Å². The number of thiazole rings is 1. The van der Waals surface area contributed by atoms with Gasteiger partial charge in [-0.1, -0.05) is 11.3 Å². The van der Waals surface area contributed by atoms with Crippen LogP contribution in [-0.2, 0) is 17.5 Å². The number of aryl methyl sites for hydroxylation is 1.